The zero-order valence-corrected chi connectivity index (χ0v) is 15.8. The van der Waals surface area contributed by atoms with Gasteiger partial charge in [-0.05, 0) is 56.7 Å². The molecule has 148 valence electrons. The van der Waals surface area contributed by atoms with Crippen LogP contribution in [0.25, 0.3) is 0 Å². The molecule has 1 aromatic rings. The molecular weight excluding hydrogens is 344 g/mol. The van der Waals surface area contributed by atoms with E-state index in [1.54, 1.807) is 12.3 Å². The van der Waals surface area contributed by atoms with Crippen molar-refractivity contribution in [2.75, 3.05) is 56.9 Å². The van der Waals surface area contributed by atoms with Gasteiger partial charge in [0.25, 0.3) is 0 Å². The number of hydrogen-bond acceptors (Lipinski definition) is 7. The molecule has 1 aromatic heterocycles. The second kappa shape index (κ2) is 8.39. The van der Waals surface area contributed by atoms with Gasteiger partial charge in [-0.25, -0.2) is 4.98 Å². The van der Waals surface area contributed by atoms with E-state index < -0.39 is 0 Å². The molecule has 1 amide bonds. The Kier molecular flexibility index (Phi) is 5.73. The molecule has 8 heteroatoms. The third-order valence-corrected chi connectivity index (χ3v) is 5.78. The maximum atomic E-state index is 12.3. The predicted molar refractivity (Wildman–Crippen MR) is 103 cm³/mol. The van der Waals surface area contributed by atoms with Crippen LogP contribution >= 0.6 is 0 Å². The van der Waals surface area contributed by atoms with Crippen molar-refractivity contribution in [3.63, 3.8) is 0 Å². The minimum atomic E-state index is -0.0531. The van der Waals surface area contributed by atoms with E-state index >= 15 is 0 Å². The van der Waals surface area contributed by atoms with Crippen LogP contribution in [-0.2, 0) is 9.53 Å². The summed E-state index contributed by atoms with van der Waals surface area (Å²) in [5.41, 5.74) is 5.67. The normalized spacial score (nSPS) is 25.0. The molecule has 1 aliphatic carbocycles. The molecule has 3 N–H and O–H groups in total. The number of carbonyl (C=O) groups excluding carboxylic acids is 1. The van der Waals surface area contributed by atoms with Crippen LogP contribution in [0, 0.1) is 11.8 Å². The summed E-state index contributed by atoms with van der Waals surface area (Å²) in [6.07, 6.45) is 6.78. The summed E-state index contributed by atoms with van der Waals surface area (Å²) in [5.74, 6) is 2.59. The number of amides is 1. The maximum absolute atomic E-state index is 12.3. The molecule has 1 atom stereocenters. The number of nitrogens with zero attached hydrogens (tertiary/aromatic N) is 4. The lowest BCUT2D eigenvalue weighted by molar-refractivity contribution is -0.149. The number of piperidine rings is 1. The van der Waals surface area contributed by atoms with E-state index in [9.17, 15) is 4.79 Å². The van der Waals surface area contributed by atoms with E-state index in [2.05, 4.69) is 20.2 Å². The Balaban J connectivity index is 1.22. The molecule has 3 aliphatic rings. The quantitative estimate of drug-likeness (QED) is 0.729. The average molecular weight is 374 g/mol. The fourth-order valence-corrected chi connectivity index (χ4v) is 3.97. The number of likely N-dealkylation sites (tertiary alicyclic amines) is 1. The molecule has 1 saturated carbocycles. The van der Waals surface area contributed by atoms with Gasteiger partial charge in [-0.1, -0.05) is 0 Å². The smallest absolute Gasteiger partial charge is 0.248 e. The number of anilines is 2. The van der Waals surface area contributed by atoms with Gasteiger partial charge in [0.2, 0.25) is 11.9 Å². The van der Waals surface area contributed by atoms with Crippen LogP contribution in [0.5, 0.6) is 0 Å². The second-order valence-electron chi connectivity index (χ2n) is 8.11. The molecule has 0 bridgehead atoms. The highest BCUT2D eigenvalue weighted by Crippen LogP contribution is 2.31. The Hall–Kier alpha value is -1.93. The minimum Gasteiger partial charge on any atom is -0.384 e. The van der Waals surface area contributed by atoms with E-state index in [-0.39, 0.29) is 18.6 Å². The van der Waals surface area contributed by atoms with Crippen molar-refractivity contribution in [1.29, 1.82) is 0 Å². The number of nitrogens with one attached hydrogen (secondary N) is 1. The van der Waals surface area contributed by atoms with E-state index in [0.29, 0.717) is 30.8 Å². The lowest BCUT2D eigenvalue weighted by atomic mass is 9.95. The number of rotatable bonds is 7. The van der Waals surface area contributed by atoms with Crippen LogP contribution < -0.4 is 11.1 Å². The molecule has 0 radical (unpaired) electrons. The average Bonchev–Trinajstić information content (AvgIpc) is 3.48. The van der Waals surface area contributed by atoms with Gasteiger partial charge in [-0.3, -0.25) is 4.79 Å². The lowest BCUT2D eigenvalue weighted by Gasteiger charge is -2.38. The number of ether oxygens (including phenoxy) is 1. The molecule has 2 saturated heterocycles. The first-order valence-corrected chi connectivity index (χ1v) is 10.1. The number of hydrogen-bond donors (Lipinski definition) is 2. The Morgan fingerprint density at radius 2 is 1.96 bits per heavy atom. The Bertz CT molecular complexity index is 645. The van der Waals surface area contributed by atoms with Crippen molar-refractivity contribution in [2.45, 2.75) is 31.8 Å². The van der Waals surface area contributed by atoms with Gasteiger partial charge < -0.3 is 25.6 Å². The maximum Gasteiger partial charge on any atom is 0.248 e. The minimum absolute atomic E-state index is 0.0531. The molecule has 2 aliphatic heterocycles. The third kappa shape index (κ3) is 5.29. The van der Waals surface area contributed by atoms with Gasteiger partial charge in [-0.2, -0.15) is 4.98 Å². The van der Waals surface area contributed by atoms with Crippen LogP contribution in [0.3, 0.4) is 0 Å². The molecule has 3 fully saturated rings. The molecular formula is C19H30N6O2. The van der Waals surface area contributed by atoms with Crippen LogP contribution in [-0.4, -0.2) is 77.7 Å². The highest BCUT2D eigenvalue weighted by atomic mass is 16.5. The number of morpholine rings is 1. The SMILES string of the molecule is Nc1ccnc(NC[C@@H]2CN(CC3CCN(CC4CC4)CC3)C(=O)CO2)n1. The zero-order valence-electron chi connectivity index (χ0n) is 15.8. The van der Waals surface area contributed by atoms with Crippen molar-refractivity contribution < 1.29 is 9.53 Å². The summed E-state index contributed by atoms with van der Waals surface area (Å²) in [6.45, 7) is 5.83. The molecule has 0 spiro atoms. The highest BCUT2D eigenvalue weighted by Gasteiger charge is 2.31. The van der Waals surface area contributed by atoms with Gasteiger partial charge in [0.15, 0.2) is 0 Å². The van der Waals surface area contributed by atoms with Crippen LogP contribution in [0.4, 0.5) is 11.8 Å². The van der Waals surface area contributed by atoms with Crippen LogP contribution in [0.2, 0.25) is 0 Å². The van der Waals surface area contributed by atoms with E-state index in [0.717, 1.165) is 12.5 Å². The topological polar surface area (TPSA) is 96.6 Å². The van der Waals surface area contributed by atoms with E-state index in [1.165, 1.54) is 45.3 Å². The highest BCUT2D eigenvalue weighted by molar-refractivity contribution is 5.78. The summed E-state index contributed by atoms with van der Waals surface area (Å²) < 4.78 is 5.68. The fourth-order valence-electron chi connectivity index (χ4n) is 3.97. The monoisotopic (exact) mass is 374 g/mol. The first kappa shape index (κ1) is 18.4. The molecule has 0 unspecified atom stereocenters. The number of nitrogens with two attached hydrogens (primary N) is 1. The Morgan fingerprint density at radius 3 is 2.70 bits per heavy atom. The van der Waals surface area contributed by atoms with Crippen molar-refractivity contribution in [3.8, 4) is 0 Å². The first-order chi connectivity index (χ1) is 13.2. The number of nitrogen functional groups attached to an aromatic ring is 1. The summed E-state index contributed by atoms with van der Waals surface area (Å²) in [6, 6.07) is 1.65. The summed E-state index contributed by atoms with van der Waals surface area (Å²) >= 11 is 0. The summed E-state index contributed by atoms with van der Waals surface area (Å²) in [7, 11) is 0. The zero-order chi connectivity index (χ0) is 18.6. The van der Waals surface area contributed by atoms with Gasteiger partial charge >= 0.3 is 0 Å². The fraction of sp³-hybridized carbons (Fsp3) is 0.737. The van der Waals surface area contributed by atoms with Crippen LogP contribution in [0.1, 0.15) is 25.7 Å². The molecule has 27 heavy (non-hydrogen) atoms. The van der Waals surface area contributed by atoms with Crippen molar-refractivity contribution in [1.82, 2.24) is 19.8 Å². The Morgan fingerprint density at radius 1 is 1.19 bits per heavy atom. The number of aromatic nitrogens is 2. The standard InChI is InChI=1S/C19H30N6O2/c20-17-3-6-21-19(23-17)22-9-16-12-25(18(26)13-27-16)11-15-4-7-24(8-5-15)10-14-1-2-14/h3,6,14-16H,1-2,4-5,7-13H2,(H3,20,21,22,23)/t16-/m1/s1. The van der Waals surface area contributed by atoms with Gasteiger partial charge in [0.05, 0.1) is 6.10 Å². The Labute approximate surface area is 160 Å². The third-order valence-electron chi connectivity index (χ3n) is 5.78. The number of carbonyl (C=O) groups is 1. The molecule has 3 heterocycles. The van der Waals surface area contributed by atoms with Crippen molar-refractivity contribution >= 4 is 17.7 Å². The van der Waals surface area contributed by atoms with E-state index in [1.807, 2.05) is 4.90 Å². The molecule has 0 aromatic carbocycles. The van der Waals surface area contributed by atoms with Gasteiger partial charge in [0.1, 0.15) is 12.4 Å². The largest absolute Gasteiger partial charge is 0.384 e. The van der Waals surface area contributed by atoms with E-state index in [4.69, 9.17) is 10.5 Å². The van der Waals surface area contributed by atoms with Crippen molar-refractivity contribution in [2.24, 2.45) is 11.8 Å². The van der Waals surface area contributed by atoms with Gasteiger partial charge in [0, 0.05) is 32.4 Å². The van der Waals surface area contributed by atoms with Crippen LogP contribution in [0.15, 0.2) is 12.3 Å². The summed E-state index contributed by atoms with van der Waals surface area (Å²) in [4.78, 5) is 25.1. The van der Waals surface area contributed by atoms with Gasteiger partial charge in [-0.15, -0.1) is 0 Å². The second-order valence-corrected chi connectivity index (χ2v) is 8.11. The molecule has 8 nitrogen and oxygen atoms in total. The molecule has 4 rings (SSSR count). The van der Waals surface area contributed by atoms with Crippen molar-refractivity contribution in [3.05, 3.63) is 12.3 Å². The summed E-state index contributed by atoms with van der Waals surface area (Å²) in [5, 5.41) is 3.15. The predicted octanol–water partition coefficient (Wildman–Crippen LogP) is 0.820. The lowest BCUT2D eigenvalue weighted by Crippen LogP contribution is -2.51. The first-order valence-electron chi connectivity index (χ1n) is 10.1.